The highest BCUT2D eigenvalue weighted by Crippen LogP contribution is 2.20. The second-order valence-corrected chi connectivity index (χ2v) is 22.4. The van der Waals surface area contributed by atoms with Crippen LogP contribution < -0.4 is 64.6 Å². The molecule has 10 atom stereocenters. The Morgan fingerprint density at radius 2 is 0.855 bits per heavy atom. The summed E-state index contributed by atoms with van der Waals surface area (Å²) in [5, 5.41) is 62.4. The summed E-state index contributed by atoms with van der Waals surface area (Å²) < 4.78 is 0. The first-order valence-electron chi connectivity index (χ1n) is 27.8. The number of nitrogens with one attached hydrogen (secondary N) is 10. The highest BCUT2D eigenvalue weighted by Gasteiger charge is 2.42. The Hall–Kier alpha value is -7.50. The van der Waals surface area contributed by atoms with Gasteiger partial charge in [0.2, 0.25) is 65.0 Å². The second kappa shape index (κ2) is 36.9. The summed E-state index contributed by atoms with van der Waals surface area (Å²) in [5.74, 6) is -16.0. The molecule has 0 rings (SSSR count). The van der Waals surface area contributed by atoms with Gasteiger partial charge >= 0.3 is 17.9 Å². The monoisotopic (exact) mass is 1180 g/mol. The van der Waals surface area contributed by atoms with Crippen LogP contribution in [0, 0.1) is 17.8 Å². The molecule has 0 spiro atoms. The van der Waals surface area contributed by atoms with E-state index in [1.165, 1.54) is 20.8 Å². The molecule has 0 aliphatic rings. The number of rotatable bonds is 41. The van der Waals surface area contributed by atoms with Gasteiger partial charge in [-0.15, -0.1) is 0 Å². The predicted octanol–water partition coefficient (Wildman–Crippen LogP) is -2.60. The van der Waals surface area contributed by atoms with Gasteiger partial charge in [0, 0.05) is 6.42 Å². The summed E-state index contributed by atoms with van der Waals surface area (Å²) in [5.41, 5.74) is 7.28. The number of carbonyl (C=O) groups excluding carboxylic acids is 11. The van der Waals surface area contributed by atoms with E-state index in [0.29, 0.717) is 19.3 Å². The highest BCUT2D eigenvalue weighted by molar-refractivity contribution is 6.01. The summed E-state index contributed by atoms with van der Waals surface area (Å²) in [6, 6.07) is -12.4. The Kier molecular flexibility index (Phi) is 33.5. The number of aliphatic hydroxyl groups excluding tert-OH is 1. The molecular weight excluding hydrogens is 1090 g/mol. The molecule has 0 saturated heterocycles. The van der Waals surface area contributed by atoms with Gasteiger partial charge in [-0.3, -0.25) is 62.3 Å². The van der Waals surface area contributed by atoms with E-state index in [1.54, 1.807) is 48.5 Å². The maximum atomic E-state index is 14.5. The predicted molar refractivity (Wildman–Crippen MR) is 298 cm³/mol. The number of aliphatic hydroxyl groups is 1. The van der Waals surface area contributed by atoms with Crippen LogP contribution in [0.15, 0.2) is 0 Å². The van der Waals surface area contributed by atoms with Crippen molar-refractivity contribution in [2.45, 2.75) is 219 Å². The van der Waals surface area contributed by atoms with Gasteiger partial charge in [-0.05, 0) is 77.0 Å². The number of carbonyl (C=O) groups is 14. The Morgan fingerprint density at radius 3 is 1.24 bits per heavy atom. The Balaban J connectivity index is 6.82. The van der Waals surface area contributed by atoms with Gasteiger partial charge in [0.15, 0.2) is 0 Å². The standard InChI is InChI=1S/C53H92N12O18/c1-12-14-18-52(10,64-39(68)25-56-43(74)31(54)16-17-38(55)67)50(82)62-34(22-29(7)8)46(77)60-36(24-41(71)72)48(79)65-53(11,19-15-13-2)51(83)63-33(21-28(5)6)45(76)59-35(23-40(69)70)47(78)58-32(20-27(3)4)44(75)57-30(9)42(73)61-37(26-66)49(80)81/h27-37,66H,12-26,54H2,1-11H3,(H2,55,67)(H,56,74)(H,57,75)(H,58,78)(H,59,76)(H,60,77)(H,61,73)(H,62,82)(H,63,83)(H,64,68)(H,65,79)(H,69,70)(H,71,72)(H,80,81)/t30-,31-,32-,33-,34-,35-,36-,37-,52+,53-/m0/s1. The number of amides is 11. The normalized spacial score (nSPS) is 15.6. The third kappa shape index (κ3) is 28.9. The van der Waals surface area contributed by atoms with Crippen LogP contribution in [0.5, 0.6) is 0 Å². The van der Waals surface area contributed by atoms with Crippen LogP contribution in [0.1, 0.15) is 160 Å². The van der Waals surface area contributed by atoms with Gasteiger partial charge in [-0.2, -0.15) is 0 Å². The first-order chi connectivity index (χ1) is 38.4. The maximum absolute atomic E-state index is 14.5. The third-order valence-electron chi connectivity index (χ3n) is 12.9. The van der Waals surface area contributed by atoms with Crippen molar-refractivity contribution in [3.05, 3.63) is 0 Å². The number of carboxylic acids is 3. The van der Waals surface area contributed by atoms with Crippen molar-refractivity contribution in [1.29, 1.82) is 0 Å². The molecule has 30 heteroatoms. The molecule has 0 aromatic rings. The zero-order chi connectivity index (χ0) is 64.1. The van der Waals surface area contributed by atoms with Crippen LogP contribution in [0.4, 0.5) is 0 Å². The van der Waals surface area contributed by atoms with Gasteiger partial charge in [-0.1, -0.05) is 81.1 Å². The fraction of sp³-hybridized carbons (Fsp3) is 0.736. The van der Waals surface area contributed by atoms with E-state index in [2.05, 4.69) is 47.9 Å². The number of hydrogen-bond acceptors (Lipinski definition) is 16. The van der Waals surface area contributed by atoms with E-state index >= 15 is 0 Å². The van der Waals surface area contributed by atoms with Crippen molar-refractivity contribution < 1.29 is 87.5 Å². The van der Waals surface area contributed by atoms with E-state index in [4.69, 9.17) is 11.5 Å². The van der Waals surface area contributed by atoms with E-state index in [1.807, 2.05) is 12.2 Å². The first-order valence-corrected chi connectivity index (χ1v) is 27.8. The van der Waals surface area contributed by atoms with Gasteiger partial charge in [0.1, 0.15) is 53.4 Å². The molecule has 0 heterocycles. The van der Waals surface area contributed by atoms with Crippen LogP contribution >= 0.6 is 0 Å². The number of carboxylic acid groups (broad SMARTS) is 3. The number of primary amides is 1. The van der Waals surface area contributed by atoms with E-state index in [-0.39, 0.29) is 69.1 Å². The maximum Gasteiger partial charge on any atom is 0.328 e. The van der Waals surface area contributed by atoms with Gasteiger partial charge in [-0.25, -0.2) is 4.79 Å². The quantitative estimate of drug-likeness (QED) is 0.0299. The number of hydrogen-bond donors (Lipinski definition) is 16. The minimum absolute atomic E-state index is 0.0561. The van der Waals surface area contributed by atoms with Crippen LogP contribution in [-0.4, -0.2) is 176 Å². The fourth-order valence-electron chi connectivity index (χ4n) is 8.15. The summed E-state index contributed by atoms with van der Waals surface area (Å²) in [6.45, 7) is 16.1. The number of aliphatic carboxylic acids is 3. The summed E-state index contributed by atoms with van der Waals surface area (Å²) in [6.07, 6.45) is -0.903. The lowest BCUT2D eigenvalue weighted by atomic mass is 9.91. The molecule has 0 aliphatic heterocycles. The average Bonchev–Trinajstić information content (AvgIpc) is 3.40. The van der Waals surface area contributed by atoms with Crippen LogP contribution in [0.2, 0.25) is 0 Å². The smallest absolute Gasteiger partial charge is 0.328 e. The SMILES string of the molecule is CCCC[C@@](C)(NC(=O)CNC(=O)[C@@H](N)CCC(N)=O)C(=O)N[C@@H](CC(C)C)C(=O)N[C@@H](CC(=O)O)C(=O)N[C@@](C)(CCCC)C(=O)N[C@@H](CC(C)C)C(=O)N[C@@H](CC(=O)O)C(=O)N[C@@H](CC(C)C)C(=O)N[C@@H](C)C(=O)N[C@@H](CO)C(=O)O. The second-order valence-electron chi connectivity index (χ2n) is 22.4. The minimum atomic E-state index is -1.95. The largest absolute Gasteiger partial charge is 0.481 e. The summed E-state index contributed by atoms with van der Waals surface area (Å²) >= 11 is 0. The van der Waals surface area contributed by atoms with Crippen molar-refractivity contribution in [2.75, 3.05) is 13.2 Å². The zero-order valence-corrected chi connectivity index (χ0v) is 49.6. The van der Waals surface area contributed by atoms with E-state index < -0.39 is 168 Å². The van der Waals surface area contributed by atoms with Crippen molar-refractivity contribution in [3.8, 4) is 0 Å². The van der Waals surface area contributed by atoms with E-state index in [9.17, 15) is 87.5 Å². The molecule has 0 aliphatic carbocycles. The molecule has 18 N–H and O–H groups in total. The van der Waals surface area contributed by atoms with E-state index in [0.717, 1.165) is 0 Å². The topological polar surface area (TPSA) is 492 Å². The molecule has 0 aromatic heterocycles. The van der Waals surface area contributed by atoms with Crippen molar-refractivity contribution in [2.24, 2.45) is 29.2 Å². The molecule has 0 unspecified atom stereocenters. The van der Waals surface area contributed by atoms with Crippen LogP contribution in [0.25, 0.3) is 0 Å². The van der Waals surface area contributed by atoms with Crippen molar-refractivity contribution >= 4 is 82.9 Å². The molecule has 0 bridgehead atoms. The lowest BCUT2D eigenvalue weighted by Crippen LogP contribution is -2.65. The molecular formula is C53H92N12O18. The van der Waals surface area contributed by atoms with Gasteiger partial charge in [0.25, 0.3) is 0 Å². The Morgan fingerprint density at radius 1 is 0.482 bits per heavy atom. The molecule has 30 nitrogen and oxygen atoms in total. The molecule has 83 heavy (non-hydrogen) atoms. The molecule has 11 amide bonds. The summed E-state index contributed by atoms with van der Waals surface area (Å²) in [4.78, 5) is 183. The van der Waals surface area contributed by atoms with Crippen molar-refractivity contribution in [1.82, 2.24) is 53.2 Å². The van der Waals surface area contributed by atoms with Crippen LogP contribution in [0.3, 0.4) is 0 Å². The lowest BCUT2D eigenvalue weighted by Gasteiger charge is -2.34. The Bertz CT molecular complexity index is 2280. The van der Waals surface area contributed by atoms with Crippen molar-refractivity contribution in [3.63, 3.8) is 0 Å². The number of nitrogens with two attached hydrogens (primary N) is 2. The number of unbranched alkanes of at least 4 members (excludes halogenated alkanes) is 2. The summed E-state index contributed by atoms with van der Waals surface area (Å²) in [7, 11) is 0. The molecule has 0 aromatic carbocycles. The first kappa shape index (κ1) is 75.5. The van der Waals surface area contributed by atoms with Crippen LogP contribution in [-0.2, 0) is 67.1 Å². The molecule has 0 fully saturated rings. The van der Waals surface area contributed by atoms with Gasteiger partial charge in [0.05, 0.1) is 32.0 Å². The zero-order valence-electron chi connectivity index (χ0n) is 49.6. The minimum Gasteiger partial charge on any atom is -0.481 e. The average molecular weight is 1190 g/mol. The van der Waals surface area contributed by atoms with Gasteiger partial charge < -0.3 is 85.1 Å². The highest BCUT2D eigenvalue weighted by atomic mass is 16.4. The fourth-order valence-corrected chi connectivity index (χ4v) is 8.15. The Labute approximate surface area is 483 Å². The lowest BCUT2D eigenvalue weighted by molar-refractivity contribution is -0.143. The molecule has 472 valence electrons. The molecule has 0 radical (unpaired) electrons. The molecule has 0 saturated carbocycles. The third-order valence-corrected chi connectivity index (χ3v) is 12.9.